The molecule has 4 nitrogen and oxygen atoms in total. The molecule has 0 aliphatic carbocycles. The molecular weight excluding hydrogens is 180 g/mol. The fourth-order valence-electron chi connectivity index (χ4n) is 1.01. The lowest BCUT2D eigenvalue weighted by molar-refractivity contribution is -0.143. The smallest absolute Gasteiger partial charge is 0.328 e. The van der Waals surface area contributed by atoms with E-state index in [0.717, 1.165) is 0 Å². The number of nitriles is 1. The zero-order chi connectivity index (χ0) is 10.8. The minimum absolute atomic E-state index is 0.476. The third-order valence-electron chi connectivity index (χ3n) is 2.06. The van der Waals surface area contributed by atoms with Crippen LogP contribution in [0.3, 0.4) is 0 Å². The monoisotopic (exact) mass is 190 g/mol. The van der Waals surface area contributed by atoms with E-state index < -0.39 is 11.5 Å². The van der Waals surface area contributed by atoms with Crippen molar-refractivity contribution in [2.75, 3.05) is 0 Å². The number of carboxylic acids is 1. The van der Waals surface area contributed by atoms with Crippen molar-refractivity contribution in [2.45, 2.75) is 12.5 Å². The van der Waals surface area contributed by atoms with Gasteiger partial charge in [0.15, 0.2) is 0 Å². The van der Waals surface area contributed by atoms with Gasteiger partial charge in [0.05, 0.1) is 11.6 Å². The Kier molecular flexibility index (Phi) is 2.54. The molecule has 0 saturated heterocycles. The van der Waals surface area contributed by atoms with E-state index in [0.29, 0.717) is 11.1 Å². The first-order valence-corrected chi connectivity index (χ1v) is 4.01. The zero-order valence-corrected chi connectivity index (χ0v) is 7.69. The molecule has 0 bridgehead atoms. The van der Waals surface area contributed by atoms with Gasteiger partial charge in [-0.2, -0.15) is 5.26 Å². The number of nitrogens with zero attached hydrogens (tertiary/aromatic N) is 1. The van der Waals surface area contributed by atoms with Crippen LogP contribution < -0.4 is 5.73 Å². The van der Waals surface area contributed by atoms with E-state index >= 15 is 0 Å². The van der Waals surface area contributed by atoms with E-state index in [1.807, 2.05) is 6.07 Å². The SMILES string of the molecule is C[C@](N)(C(=O)O)c1ccc(C#N)cc1. The van der Waals surface area contributed by atoms with Gasteiger partial charge in [0.2, 0.25) is 0 Å². The molecule has 0 amide bonds. The lowest BCUT2D eigenvalue weighted by atomic mass is 9.93. The fraction of sp³-hybridized carbons (Fsp3) is 0.200. The van der Waals surface area contributed by atoms with Gasteiger partial charge in [-0.05, 0) is 24.6 Å². The summed E-state index contributed by atoms with van der Waals surface area (Å²) in [5, 5.41) is 17.4. The number of aliphatic carboxylic acids is 1. The van der Waals surface area contributed by atoms with Crippen molar-refractivity contribution in [3.05, 3.63) is 35.4 Å². The number of rotatable bonds is 2. The quantitative estimate of drug-likeness (QED) is 0.722. The molecule has 0 saturated carbocycles. The molecule has 1 atom stereocenters. The topological polar surface area (TPSA) is 87.1 Å². The molecule has 1 rings (SSSR count). The molecule has 0 aliphatic heterocycles. The van der Waals surface area contributed by atoms with Crippen LogP contribution in [0.15, 0.2) is 24.3 Å². The molecule has 0 fully saturated rings. The van der Waals surface area contributed by atoms with E-state index in [-0.39, 0.29) is 0 Å². The van der Waals surface area contributed by atoms with Crippen LogP contribution in [0.5, 0.6) is 0 Å². The van der Waals surface area contributed by atoms with E-state index in [4.69, 9.17) is 16.1 Å². The van der Waals surface area contributed by atoms with Crippen LogP contribution in [0.1, 0.15) is 18.1 Å². The minimum Gasteiger partial charge on any atom is -0.480 e. The average Bonchev–Trinajstić information content (AvgIpc) is 2.17. The molecule has 1 aromatic rings. The van der Waals surface area contributed by atoms with Crippen LogP contribution in [-0.4, -0.2) is 11.1 Å². The van der Waals surface area contributed by atoms with Crippen LogP contribution >= 0.6 is 0 Å². The first-order chi connectivity index (χ1) is 6.48. The van der Waals surface area contributed by atoms with Crippen molar-refractivity contribution < 1.29 is 9.90 Å². The van der Waals surface area contributed by atoms with Crippen LogP contribution in [0, 0.1) is 11.3 Å². The van der Waals surface area contributed by atoms with Crippen LogP contribution in [0.4, 0.5) is 0 Å². The van der Waals surface area contributed by atoms with Gasteiger partial charge in [-0.1, -0.05) is 12.1 Å². The first-order valence-electron chi connectivity index (χ1n) is 4.01. The predicted molar refractivity (Wildman–Crippen MR) is 50.3 cm³/mol. The van der Waals surface area contributed by atoms with E-state index in [9.17, 15) is 4.79 Å². The Morgan fingerprint density at radius 1 is 1.50 bits per heavy atom. The van der Waals surface area contributed by atoms with Gasteiger partial charge in [-0.25, -0.2) is 4.79 Å². The summed E-state index contributed by atoms with van der Waals surface area (Å²) in [7, 11) is 0. The van der Waals surface area contributed by atoms with E-state index in [1.165, 1.54) is 6.92 Å². The van der Waals surface area contributed by atoms with Crippen LogP contribution in [0.2, 0.25) is 0 Å². The fourth-order valence-corrected chi connectivity index (χ4v) is 1.01. The normalized spacial score (nSPS) is 14.1. The number of benzene rings is 1. The summed E-state index contributed by atoms with van der Waals surface area (Å²) in [6, 6.07) is 8.13. The highest BCUT2D eigenvalue weighted by molar-refractivity contribution is 5.79. The van der Waals surface area contributed by atoms with Gasteiger partial charge in [0.25, 0.3) is 0 Å². The molecule has 0 spiro atoms. The molecule has 72 valence electrons. The lowest BCUT2D eigenvalue weighted by Crippen LogP contribution is -2.41. The molecule has 0 radical (unpaired) electrons. The summed E-state index contributed by atoms with van der Waals surface area (Å²) in [5.74, 6) is -1.10. The maximum absolute atomic E-state index is 10.8. The maximum Gasteiger partial charge on any atom is 0.328 e. The average molecular weight is 190 g/mol. The Hall–Kier alpha value is -1.86. The van der Waals surface area contributed by atoms with Crippen molar-refractivity contribution in [1.82, 2.24) is 0 Å². The number of nitrogens with two attached hydrogens (primary N) is 1. The van der Waals surface area contributed by atoms with Crippen molar-refractivity contribution in [2.24, 2.45) is 5.73 Å². The van der Waals surface area contributed by atoms with Crippen LogP contribution in [-0.2, 0) is 10.3 Å². The second-order valence-electron chi connectivity index (χ2n) is 3.20. The van der Waals surface area contributed by atoms with Gasteiger partial charge < -0.3 is 10.8 Å². The Morgan fingerprint density at radius 2 is 2.00 bits per heavy atom. The number of hydrogen-bond acceptors (Lipinski definition) is 3. The highest BCUT2D eigenvalue weighted by Crippen LogP contribution is 2.18. The summed E-state index contributed by atoms with van der Waals surface area (Å²) >= 11 is 0. The summed E-state index contributed by atoms with van der Waals surface area (Å²) in [6.07, 6.45) is 0. The number of carbonyl (C=O) groups is 1. The molecule has 0 heterocycles. The summed E-state index contributed by atoms with van der Waals surface area (Å²) in [6.45, 7) is 1.41. The van der Waals surface area contributed by atoms with Gasteiger partial charge in [-0.3, -0.25) is 0 Å². The molecule has 1 aromatic carbocycles. The molecule has 3 N–H and O–H groups in total. The van der Waals surface area contributed by atoms with Crippen LogP contribution in [0.25, 0.3) is 0 Å². The van der Waals surface area contributed by atoms with Gasteiger partial charge >= 0.3 is 5.97 Å². The second kappa shape index (κ2) is 3.48. The standard InChI is InChI=1S/C10H10N2O2/c1-10(12,9(13)14)8-4-2-7(6-11)3-5-8/h2-5H,12H2,1H3,(H,13,14)/t10-/m1/s1. The number of hydrogen-bond donors (Lipinski definition) is 2. The summed E-state index contributed by atoms with van der Waals surface area (Å²) in [4.78, 5) is 10.8. The second-order valence-corrected chi connectivity index (χ2v) is 3.20. The Labute approximate surface area is 81.6 Å². The Bertz CT molecular complexity index is 388. The van der Waals surface area contributed by atoms with Crippen molar-refractivity contribution >= 4 is 5.97 Å². The van der Waals surface area contributed by atoms with Gasteiger partial charge in [-0.15, -0.1) is 0 Å². The van der Waals surface area contributed by atoms with Crippen molar-refractivity contribution in [3.63, 3.8) is 0 Å². The molecule has 0 aliphatic rings. The van der Waals surface area contributed by atoms with Crippen molar-refractivity contribution in [1.29, 1.82) is 5.26 Å². The predicted octanol–water partition coefficient (Wildman–Crippen LogP) is 0.817. The van der Waals surface area contributed by atoms with Gasteiger partial charge in [0, 0.05) is 0 Å². The van der Waals surface area contributed by atoms with E-state index in [2.05, 4.69) is 0 Å². The highest BCUT2D eigenvalue weighted by Gasteiger charge is 2.29. The molecule has 0 aromatic heterocycles. The maximum atomic E-state index is 10.8. The summed E-state index contributed by atoms with van der Waals surface area (Å²) in [5.41, 5.74) is 5.14. The van der Waals surface area contributed by atoms with Gasteiger partial charge in [0.1, 0.15) is 5.54 Å². The third kappa shape index (κ3) is 1.73. The molecule has 0 unspecified atom stereocenters. The lowest BCUT2D eigenvalue weighted by Gasteiger charge is -2.19. The largest absolute Gasteiger partial charge is 0.480 e. The highest BCUT2D eigenvalue weighted by atomic mass is 16.4. The summed E-state index contributed by atoms with van der Waals surface area (Å²) < 4.78 is 0. The first kappa shape index (κ1) is 10.2. The Balaban J connectivity index is 3.10. The van der Waals surface area contributed by atoms with E-state index in [1.54, 1.807) is 24.3 Å². The molecular formula is C10H10N2O2. The minimum atomic E-state index is -1.41. The molecule has 14 heavy (non-hydrogen) atoms. The zero-order valence-electron chi connectivity index (χ0n) is 7.69. The Morgan fingerprint density at radius 3 is 2.36 bits per heavy atom. The third-order valence-corrected chi connectivity index (χ3v) is 2.06. The molecule has 4 heteroatoms. The number of carboxylic acid groups (broad SMARTS) is 1. The van der Waals surface area contributed by atoms with Crippen molar-refractivity contribution in [3.8, 4) is 6.07 Å².